The van der Waals surface area contributed by atoms with Crippen LogP contribution in [0.3, 0.4) is 0 Å². The zero-order valence-electron chi connectivity index (χ0n) is 46.5. The van der Waals surface area contributed by atoms with Crippen molar-refractivity contribution in [2.75, 3.05) is 9.80 Å². The minimum atomic E-state index is -0.0428. The Labute approximate surface area is 429 Å². The zero-order valence-corrected chi connectivity index (χ0v) is 46.5. The summed E-state index contributed by atoms with van der Waals surface area (Å²) in [6.07, 6.45) is 9.96. The van der Waals surface area contributed by atoms with E-state index in [-0.39, 0.29) is 44.6 Å². The molecule has 3 saturated carbocycles. The second-order valence-corrected chi connectivity index (χ2v) is 28.5. The van der Waals surface area contributed by atoms with Crippen molar-refractivity contribution in [2.45, 2.75) is 200 Å². The van der Waals surface area contributed by atoms with E-state index in [0.29, 0.717) is 0 Å². The second-order valence-electron chi connectivity index (χ2n) is 28.5. The lowest BCUT2D eigenvalue weighted by Crippen LogP contribution is -2.62. The molecular formula is C67H82BN3. The highest BCUT2D eigenvalue weighted by molar-refractivity contribution is 7.00. The lowest BCUT2D eigenvalue weighted by Gasteiger charge is -2.49. The number of benzene rings is 5. The maximum Gasteiger partial charge on any atom is 0.254 e. The highest BCUT2D eigenvalue weighted by Gasteiger charge is 2.49. The smallest absolute Gasteiger partial charge is 0.254 e. The van der Waals surface area contributed by atoms with Crippen LogP contribution >= 0.6 is 0 Å². The van der Waals surface area contributed by atoms with Crippen molar-refractivity contribution in [3.63, 3.8) is 0 Å². The van der Waals surface area contributed by atoms with Crippen molar-refractivity contribution in [2.24, 2.45) is 5.92 Å². The molecule has 0 unspecified atom stereocenters. The largest absolute Gasteiger partial charge is 0.311 e. The summed E-state index contributed by atoms with van der Waals surface area (Å²) in [4.78, 5) is 11.5. The number of nitrogens with zero attached hydrogens (tertiary/aromatic N) is 3. The molecular weight excluding hydrogens is 858 g/mol. The molecule has 0 amide bonds. The first-order chi connectivity index (χ1) is 33.1. The third-order valence-electron chi connectivity index (χ3n) is 18.5. The standard InChI is InChI=1S/C67H82BN3/c1-61(2,3)44-18-23-48(24-19-44)70-55-27-21-46(63(7,8)9)39-52(55)68-53-40-47(64(10,11)12)22-28-56(53)71(57-41-58(69-60(70)59(57)68)67-32-29-42(30-33-67)31-34-67)54-26-20-45(62(4,5)6)38-49(54)43-17-25-50-51(37-43)66(15,16)36-35-65(50,13)14/h17-28,37-42H,29-36H2,1-16H3. The Morgan fingerprint density at radius 3 is 1.48 bits per heavy atom. The molecule has 3 fully saturated rings. The summed E-state index contributed by atoms with van der Waals surface area (Å²) in [6, 6.07) is 42.1. The van der Waals surface area contributed by atoms with E-state index in [1.807, 2.05) is 0 Å². The van der Waals surface area contributed by atoms with Gasteiger partial charge in [0.05, 0.1) is 11.4 Å². The molecule has 0 atom stereocenters. The minimum Gasteiger partial charge on any atom is -0.311 e. The third kappa shape index (κ3) is 7.94. The van der Waals surface area contributed by atoms with Crippen LogP contribution in [-0.4, -0.2) is 11.7 Å². The zero-order chi connectivity index (χ0) is 50.6. The van der Waals surface area contributed by atoms with E-state index >= 15 is 0 Å². The van der Waals surface area contributed by atoms with Crippen LogP contribution in [0.15, 0.2) is 103 Å². The molecule has 3 nitrogen and oxygen atoms in total. The molecule has 0 N–H and O–H groups in total. The Morgan fingerprint density at radius 2 is 0.944 bits per heavy atom. The molecule has 71 heavy (non-hydrogen) atoms. The van der Waals surface area contributed by atoms with Gasteiger partial charge in [0.25, 0.3) is 6.71 Å². The number of fused-ring (bicyclic) bond motifs is 8. The number of rotatable bonds is 4. The minimum absolute atomic E-state index is 0.0128. The molecule has 0 saturated heterocycles. The number of anilines is 6. The molecule has 12 rings (SSSR count). The van der Waals surface area contributed by atoms with Gasteiger partial charge in [-0.15, -0.1) is 0 Å². The molecule has 6 aromatic rings. The van der Waals surface area contributed by atoms with Gasteiger partial charge < -0.3 is 4.90 Å². The van der Waals surface area contributed by atoms with Crippen molar-refractivity contribution < 1.29 is 0 Å². The second kappa shape index (κ2) is 16.0. The Balaban J connectivity index is 1.26. The van der Waals surface area contributed by atoms with Crippen molar-refractivity contribution in [1.82, 2.24) is 4.98 Å². The van der Waals surface area contributed by atoms with Gasteiger partial charge in [0.15, 0.2) is 0 Å². The predicted molar refractivity (Wildman–Crippen MR) is 307 cm³/mol. The quantitative estimate of drug-likeness (QED) is 0.164. The fraction of sp³-hybridized carbons (Fsp3) is 0.478. The summed E-state index contributed by atoms with van der Waals surface area (Å²) in [5, 5.41) is 0. The van der Waals surface area contributed by atoms with Crippen LogP contribution in [0.5, 0.6) is 0 Å². The van der Waals surface area contributed by atoms with E-state index in [9.17, 15) is 0 Å². The Morgan fingerprint density at radius 1 is 0.465 bits per heavy atom. The molecule has 2 aliphatic heterocycles. The molecule has 5 aromatic carbocycles. The van der Waals surface area contributed by atoms with Crippen LogP contribution in [0.2, 0.25) is 0 Å². The van der Waals surface area contributed by atoms with Gasteiger partial charge >= 0.3 is 0 Å². The van der Waals surface area contributed by atoms with E-state index in [0.717, 1.165) is 11.7 Å². The lowest BCUT2D eigenvalue weighted by molar-refractivity contribution is 0.132. The highest BCUT2D eigenvalue weighted by Crippen LogP contribution is 2.55. The fourth-order valence-electron chi connectivity index (χ4n) is 13.5. The topological polar surface area (TPSA) is 19.4 Å². The molecule has 4 heteroatoms. The van der Waals surface area contributed by atoms with Crippen molar-refractivity contribution in [3.05, 3.63) is 142 Å². The van der Waals surface area contributed by atoms with Gasteiger partial charge in [0, 0.05) is 33.7 Å². The first-order valence-corrected chi connectivity index (χ1v) is 27.5. The number of hydrogen-bond acceptors (Lipinski definition) is 3. The van der Waals surface area contributed by atoms with E-state index in [2.05, 4.69) is 224 Å². The molecule has 3 heterocycles. The van der Waals surface area contributed by atoms with E-state index < -0.39 is 0 Å². The molecule has 368 valence electrons. The monoisotopic (exact) mass is 940 g/mol. The Hall–Kier alpha value is -5.09. The molecule has 1 aromatic heterocycles. The van der Waals surface area contributed by atoms with Crippen LogP contribution in [0, 0.1) is 5.92 Å². The van der Waals surface area contributed by atoms with Gasteiger partial charge in [-0.25, -0.2) is 4.98 Å². The van der Waals surface area contributed by atoms with Gasteiger partial charge in [-0.05, 0) is 188 Å². The van der Waals surface area contributed by atoms with Gasteiger partial charge in [-0.1, -0.05) is 171 Å². The van der Waals surface area contributed by atoms with E-state index in [1.165, 1.54) is 146 Å². The summed E-state index contributed by atoms with van der Waals surface area (Å²) >= 11 is 0. The molecule has 2 bridgehead atoms. The number of hydrogen-bond donors (Lipinski definition) is 0. The van der Waals surface area contributed by atoms with Gasteiger partial charge in [0.1, 0.15) is 5.82 Å². The van der Waals surface area contributed by atoms with Gasteiger partial charge in [0.2, 0.25) is 0 Å². The summed E-state index contributed by atoms with van der Waals surface area (Å²) in [6.45, 7) is 38.1. The maximum absolute atomic E-state index is 6.17. The molecule has 0 spiro atoms. The summed E-state index contributed by atoms with van der Waals surface area (Å²) in [5.41, 5.74) is 22.8. The maximum atomic E-state index is 6.17. The summed E-state index contributed by atoms with van der Waals surface area (Å²) in [7, 11) is 0. The average Bonchev–Trinajstić information content (AvgIpc) is 3.31. The SMILES string of the molecule is CC(C)(C)c1ccc(N2c3ccc(C(C)(C)C)cc3B3c4cc(C(C)(C)C)ccc4N(c4ccc(C(C)(C)C)cc4-c4ccc5c(c4)C(C)(C)CCC5(C)C)c4cc(C56CCC(CC5)CC6)nc2c43)cc1. The third-order valence-corrected chi connectivity index (χ3v) is 18.5. The first kappa shape index (κ1) is 48.2. The van der Waals surface area contributed by atoms with E-state index in [1.54, 1.807) is 0 Å². The fourth-order valence-corrected chi connectivity index (χ4v) is 13.5. The van der Waals surface area contributed by atoms with Crippen LogP contribution in [0.4, 0.5) is 34.3 Å². The number of pyridine rings is 1. The van der Waals surface area contributed by atoms with Crippen molar-refractivity contribution in [1.29, 1.82) is 0 Å². The van der Waals surface area contributed by atoms with Gasteiger partial charge in [-0.3, -0.25) is 4.90 Å². The molecule has 4 aliphatic carbocycles. The predicted octanol–water partition coefficient (Wildman–Crippen LogP) is 16.6. The van der Waals surface area contributed by atoms with Crippen LogP contribution < -0.4 is 26.2 Å². The first-order valence-electron chi connectivity index (χ1n) is 27.5. The highest BCUT2D eigenvalue weighted by atomic mass is 15.2. The van der Waals surface area contributed by atoms with Crippen LogP contribution in [-0.2, 0) is 37.9 Å². The van der Waals surface area contributed by atoms with E-state index in [4.69, 9.17) is 4.98 Å². The Kier molecular flexibility index (Phi) is 10.8. The van der Waals surface area contributed by atoms with Crippen LogP contribution in [0.1, 0.15) is 201 Å². The normalized spacial score (nSPS) is 21.1. The van der Waals surface area contributed by atoms with Crippen molar-refractivity contribution in [3.8, 4) is 11.1 Å². The molecule has 0 radical (unpaired) electrons. The lowest BCUT2D eigenvalue weighted by atomic mass is 9.33. The summed E-state index contributed by atoms with van der Waals surface area (Å²) in [5.74, 6) is 1.96. The summed E-state index contributed by atoms with van der Waals surface area (Å²) < 4.78 is 0. The Bertz CT molecular complexity index is 3080. The number of aromatic nitrogens is 1. The van der Waals surface area contributed by atoms with Crippen molar-refractivity contribution >= 4 is 57.4 Å². The average molecular weight is 940 g/mol. The van der Waals surface area contributed by atoms with Crippen LogP contribution in [0.25, 0.3) is 11.1 Å². The van der Waals surface area contributed by atoms with Gasteiger partial charge in [-0.2, -0.15) is 0 Å². The molecule has 6 aliphatic rings.